The van der Waals surface area contributed by atoms with Crippen molar-refractivity contribution in [1.82, 2.24) is 4.98 Å². The van der Waals surface area contributed by atoms with Crippen LogP contribution in [0, 0.1) is 6.92 Å². The minimum atomic E-state index is 0.685. The van der Waals surface area contributed by atoms with E-state index in [1.165, 1.54) is 25.1 Å². The first-order chi connectivity index (χ1) is 6.27. The smallest absolute Gasteiger partial charge is 0.0555 e. The van der Waals surface area contributed by atoms with E-state index in [9.17, 15) is 0 Å². The van der Waals surface area contributed by atoms with Gasteiger partial charge in [0.1, 0.15) is 0 Å². The highest BCUT2D eigenvalue weighted by Crippen LogP contribution is 2.24. The Hall–Kier alpha value is -1.05. The number of pyridine rings is 1. The summed E-state index contributed by atoms with van der Waals surface area (Å²) in [6.07, 6.45) is 4.61. The monoisotopic (exact) mass is 176 g/mol. The zero-order valence-corrected chi connectivity index (χ0v) is 8.33. The van der Waals surface area contributed by atoms with Gasteiger partial charge in [0.15, 0.2) is 0 Å². The van der Waals surface area contributed by atoms with Crippen LogP contribution in [0.1, 0.15) is 25.5 Å². The number of hydrogen-bond acceptors (Lipinski definition) is 2. The maximum atomic E-state index is 4.32. The molecule has 0 unspecified atom stereocenters. The quantitative estimate of drug-likeness (QED) is 0.653. The number of aryl methyl sites for hydroxylation is 1. The van der Waals surface area contributed by atoms with Crippen LogP contribution in [-0.2, 0) is 0 Å². The Balaban J connectivity index is 2.20. The fourth-order valence-corrected chi connectivity index (χ4v) is 1.95. The fourth-order valence-electron chi connectivity index (χ4n) is 1.95. The van der Waals surface area contributed by atoms with Crippen LogP contribution in [0.25, 0.3) is 0 Å². The van der Waals surface area contributed by atoms with Crippen molar-refractivity contribution in [2.24, 2.45) is 0 Å². The Morgan fingerprint density at radius 2 is 2.31 bits per heavy atom. The van der Waals surface area contributed by atoms with Crippen molar-refractivity contribution in [2.75, 3.05) is 11.4 Å². The standard InChI is InChI=1S/C11H16N2/c1-9-5-6-11(8-12-9)13-7-3-4-10(13)2/h5-6,8,10H,3-4,7H2,1-2H3/t10-/m0/s1. The second-order valence-corrected chi connectivity index (χ2v) is 3.84. The summed E-state index contributed by atoms with van der Waals surface area (Å²) < 4.78 is 0. The van der Waals surface area contributed by atoms with Gasteiger partial charge in [-0.1, -0.05) is 0 Å². The Bertz CT molecular complexity index is 279. The van der Waals surface area contributed by atoms with Gasteiger partial charge in [0.25, 0.3) is 0 Å². The van der Waals surface area contributed by atoms with E-state index in [0.717, 1.165) is 5.69 Å². The molecular formula is C11H16N2. The van der Waals surface area contributed by atoms with Crippen molar-refractivity contribution in [3.8, 4) is 0 Å². The highest BCUT2D eigenvalue weighted by molar-refractivity contribution is 5.46. The van der Waals surface area contributed by atoms with Gasteiger partial charge in [-0.2, -0.15) is 0 Å². The van der Waals surface area contributed by atoms with Gasteiger partial charge in [-0.15, -0.1) is 0 Å². The lowest BCUT2D eigenvalue weighted by Gasteiger charge is -2.23. The molecule has 0 radical (unpaired) electrons. The zero-order chi connectivity index (χ0) is 9.26. The summed E-state index contributed by atoms with van der Waals surface area (Å²) in [5, 5.41) is 0. The summed E-state index contributed by atoms with van der Waals surface area (Å²) in [5.41, 5.74) is 2.37. The van der Waals surface area contributed by atoms with Crippen LogP contribution in [0.3, 0.4) is 0 Å². The van der Waals surface area contributed by atoms with Crippen molar-refractivity contribution in [3.05, 3.63) is 24.0 Å². The van der Waals surface area contributed by atoms with Gasteiger partial charge in [0.2, 0.25) is 0 Å². The van der Waals surface area contributed by atoms with Crippen LogP contribution in [0.2, 0.25) is 0 Å². The molecule has 70 valence electrons. The van der Waals surface area contributed by atoms with Crippen LogP contribution in [0.4, 0.5) is 5.69 Å². The van der Waals surface area contributed by atoms with E-state index in [-0.39, 0.29) is 0 Å². The topological polar surface area (TPSA) is 16.1 Å². The minimum absolute atomic E-state index is 0.685. The predicted octanol–water partition coefficient (Wildman–Crippen LogP) is 2.38. The molecule has 0 saturated carbocycles. The number of nitrogens with zero attached hydrogens (tertiary/aromatic N) is 2. The SMILES string of the molecule is Cc1ccc(N2CCC[C@@H]2C)cn1. The van der Waals surface area contributed by atoms with Crippen molar-refractivity contribution in [1.29, 1.82) is 0 Å². The van der Waals surface area contributed by atoms with Gasteiger partial charge in [-0.3, -0.25) is 4.98 Å². The summed E-state index contributed by atoms with van der Waals surface area (Å²) in [6.45, 7) is 5.50. The Morgan fingerprint density at radius 1 is 1.46 bits per heavy atom. The molecule has 0 aromatic carbocycles. The number of aromatic nitrogens is 1. The third-order valence-corrected chi connectivity index (χ3v) is 2.78. The fraction of sp³-hybridized carbons (Fsp3) is 0.545. The van der Waals surface area contributed by atoms with Gasteiger partial charge >= 0.3 is 0 Å². The molecule has 2 heteroatoms. The lowest BCUT2D eigenvalue weighted by molar-refractivity contribution is 0.733. The van der Waals surface area contributed by atoms with E-state index in [4.69, 9.17) is 0 Å². The summed E-state index contributed by atoms with van der Waals surface area (Å²) in [6, 6.07) is 4.94. The Labute approximate surface area is 79.6 Å². The van der Waals surface area contributed by atoms with Gasteiger partial charge in [-0.25, -0.2) is 0 Å². The Morgan fingerprint density at radius 3 is 2.85 bits per heavy atom. The van der Waals surface area contributed by atoms with Crippen LogP contribution < -0.4 is 4.90 Å². The molecule has 1 aromatic rings. The molecule has 2 nitrogen and oxygen atoms in total. The van der Waals surface area contributed by atoms with Gasteiger partial charge < -0.3 is 4.90 Å². The molecule has 1 aliphatic heterocycles. The highest BCUT2D eigenvalue weighted by Gasteiger charge is 2.20. The largest absolute Gasteiger partial charge is 0.368 e. The van der Waals surface area contributed by atoms with Crippen LogP contribution in [0.15, 0.2) is 18.3 Å². The Kier molecular flexibility index (Phi) is 2.21. The average molecular weight is 176 g/mol. The lowest BCUT2D eigenvalue weighted by atomic mass is 10.2. The molecule has 0 bridgehead atoms. The predicted molar refractivity (Wildman–Crippen MR) is 55.0 cm³/mol. The second-order valence-electron chi connectivity index (χ2n) is 3.84. The molecule has 1 saturated heterocycles. The van der Waals surface area contributed by atoms with Gasteiger partial charge in [-0.05, 0) is 38.8 Å². The summed E-state index contributed by atoms with van der Waals surface area (Å²) >= 11 is 0. The van der Waals surface area contributed by atoms with Crippen LogP contribution in [-0.4, -0.2) is 17.6 Å². The van der Waals surface area contributed by atoms with Crippen LogP contribution >= 0.6 is 0 Å². The van der Waals surface area contributed by atoms with E-state index in [2.05, 4.69) is 28.9 Å². The first kappa shape index (κ1) is 8.54. The molecule has 0 amide bonds. The van der Waals surface area contributed by atoms with Gasteiger partial charge in [0.05, 0.1) is 11.9 Å². The van der Waals surface area contributed by atoms with Crippen molar-refractivity contribution >= 4 is 5.69 Å². The van der Waals surface area contributed by atoms with Crippen molar-refractivity contribution < 1.29 is 0 Å². The molecule has 1 aliphatic rings. The average Bonchev–Trinajstić information content (AvgIpc) is 2.53. The van der Waals surface area contributed by atoms with E-state index < -0.39 is 0 Å². The molecule has 0 aliphatic carbocycles. The second kappa shape index (κ2) is 3.36. The summed E-state index contributed by atoms with van der Waals surface area (Å²) in [5.74, 6) is 0. The molecule has 1 atom stereocenters. The minimum Gasteiger partial charge on any atom is -0.368 e. The van der Waals surface area contributed by atoms with E-state index in [1.54, 1.807) is 0 Å². The molecule has 0 spiro atoms. The van der Waals surface area contributed by atoms with Crippen molar-refractivity contribution in [3.63, 3.8) is 0 Å². The maximum Gasteiger partial charge on any atom is 0.0555 e. The lowest BCUT2D eigenvalue weighted by Crippen LogP contribution is -2.26. The highest BCUT2D eigenvalue weighted by atomic mass is 15.2. The summed E-state index contributed by atoms with van der Waals surface area (Å²) in [7, 11) is 0. The third kappa shape index (κ3) is 1.67. The molecule has 1 fully saturated rings. The molecule has 13 heavy (non-hydrogen) atoms. The van der Waals surface area contributed by atoms with E-state index in [0.29, 0.717) is 6.04 Å². The van der Waals surface area contributed by atoms with Gasteiger partial charge in [0, 0.05) is 18.3 Å². The first-order valence-electron chi connectivity index (χ1n) is 4.96. The summed E-state index contributed by atoms with van der Waals surface area (Å²) in [4.78, 5) is 6.75. The normalized spacial score (nSPS) is 22.3. The number of anilines is 1. The molecular weight excluding hydrogens is 160 g/mol. The molecule has 2 heterocycles. The number of rotatable bonds is 1. The van der Waals surface area contributed by atoms with Crippen molar-refractivity contribution in [2.45, 2.75) is 32.7 Å². The van der Waals surface area contributed by atoms with E-state index in [1.807, 2.05) is 13.1 Å². The van der Waals surface area contributed by atoms with E-state index >= 15 is 0 Å². The molecule has 0 N–H and O–H groups in total. The van der Waals surface area contributed by atoms with Crippen LogP contribution in [0.5, 0.6) is 0 Å². The number of hydrogen-bond donors (Lipinski definition) is 0. The zero-order valence-electron chi connectivity index (χ0n) is 8.33. The molecule has 2 rings (SSSR count). The molecule has 1 aromatic heterocycles. The third-order valence-electron chi connectivity index (χ3n) is 2.78. The maximum absolute atomic E-state index is 4.32. The first-order valence-corrected chi connectivity index (χ1v) is 4.96.